The number of quaternary nitrogens is 1. The third kappa shape index (κ3) is 4.53. The van der Waals surface area contributed by atoms with E-state index in [1.165, 1.54) is 18.3 Å². The van der Waals surface area contributed by atoms with Crippen LogP contribution >= 0.6 is 0 Å². The van der Waals surface area contributed by atoms with Crippen molar-refractivity contribution in [2.75, 3.05) is 13.1 Å². The van der Waals surface area contributed by atoms with Gasteiger partial charge in [0.2, 0.25) is 6.04 Å². The smallest absolute Gasteiger partial charge is 0.446 e. The van der Waals surface area contributed by atoms with Gasteiger partial charge in [0, 0.05) is 43.6 Å². The van der Waals surface area contributed by atoms with Crippen LogP contribution in [0.5, 0.6) is 0 Å². The molecule has 8 nitrogen and oxygen atoms in total. The summed E-state index contributed by atoms with van der Waals surface area (Å²) in [7, 11) is 0. The molecule has 2 saturated carbocycles. The number of likely N-dealkylation sites (tertiary alicyclic amines) is 1. The Hall–Kier alpha value is -2.80. The predicted octanol–water partition coefficient (Wildman–Crippen LogP) is 3.49. The Morgan fingerprint density at radius 1 is 1.28 bits per heavy atom. The number of halogens is 2. The summed E-state index contributed by atoms with van der Waals surface area (Å²) in [5, 5.41) is 21.5. The summed E-state index contributed by atoms with van der Waals surface area (Å²) in [5.74, 6) is -3.86. The van der Waals surface area contributed by atoms with Gasteiger partial charge in [-0.1, -0.05) is 0 Å². The summed E-state index contributed by atoms with van der Waals surface area (Å²) < 4.78 is 29.3. The van der Waals surface area contributed by atoms with Crippen LogP contribution in [0.3, 0.4) is 0 Å². The zero-order chi connectivity index (χ0) is 23.0. The van der Waals surface area contributed by atoms with Gasteiger partial charge in [0.05, 0.1) is 6.07 Å². The van der Waals surface area contributed by atoms with Crippen LogP contribution in [0.15, 0.2) is 24.5 Å². The average molecular weight is 449 g/mol. The van der Waals surface area contributed by atoms with Gasteiger partial charge in [-0.15, -0.1) is 4.65 Å². The zero-order valence-corrected chi connectivity index (χ0v) is 17.7. The van der Waals surface area contributed by atoms with E-state index < -0.39 is 40.6 Å². The van der Waals surface area contributed by atoms with E-state index in [4.69, 9.17) is 4.84 Å². The van der Waals surface area contributed by atoms with Gasteiger partial charge in [0.15, 0.2) is 0 Å². The number of carboxylic acid groups (broad SMARTS) is 1. The van der Waals surface area contributed by atoms with Gasteiger partial charge in [-0.3, -0.25) is 9.78 Å². The Morgan fingerprint density at radius 2 is 1.97 bits per heavy atom. The Bertz CT molecular complexity index is 916. The summed E-state index contributed by atoms with van der Waals surface area (Å²) >= 11 is 0. The van der Waals surface area contributed by atoms with Gasteiger partial charge < -0.3 is 10.4 Å². The van der Waals surface area contributed by atoms with Crippen molar-refractivity contribution in [3.63, 3.8) is 0 Å². The molecule has 172 valence electrons. The van der Waals surface area contributed by atoms with Crippen LogP contribution in [0, 0.1) is 16.7 Å². The van der Waals surface area contributed by atoms with Gasteiger partial charge in [0.25, 0.3) is 11.8 Å². The molecular formula is C22H27F2N4O4+. The van der Waals surface area contributed by atoms with Crippen LogP contribution in [0.4, 0.5) is 13.6 Å². The molecule has 2 heterocycles. The minimum absolute atomic E-state index is 0.161. The molecule has 0 bridgehead atoms. The molecule has 1 saturated heterocycles. The highest BCUT2D eigenvalue weighted by Gasteiger charge is 2.58. The van der Waals surface area contributed by atoms with Crippen LogP contribution in [0.25, 0.3) is 0 Å². The number of alkyl halides is 2. The molecule has 10 heteroatoms. The number of piperidine rings is 1. The van der Waals surface area contributed by atoms with Gasteiger partial charge in [-0.05, 0) is 43.2 Å². The Labute approximate surface area is 184 Å². The second-order valence-electron chi connectivity index (χ2n) is 9.44. The maximum absolute atomic E-state index is 14.9. The topological polar surface area (TPSA) is 112 Å². The number of carbonyl (C=O) groups excluding carboxylic acids is 1. The fourth-order valence-electron chi connectivity index (χ4n) is 4.72. The minimum atomic E-state index is -3.25. The lowest BCUT2D eigenvalue weighted by molar-refractivity contribution is -1.11. The van der Waals surface area contributed by atoms with Crippen LogP contribution in [-0.4, -0.2) is 51.5 Å². The summed E-state index contributed by atoms with van der Waals surface area (Å²) in [6.45, 7) is 0.505. The Balaban J connectivity index is 1.59. The SMILES string of the molecule is N#CC1(NC(=O)[C@H](CCC(F)(F)c2cccnc2)[N+]2(OC(=O)O)CCC3(CC3)CC2)CC1. The number of amides is 1. The number of nitrogens with zero attached hydrogens (tertiary/aromatic N) is 3. The van der Waals surface area contributed by atoms with Crippen LogP contribution in [0.1, 0.15) is 56.9 Å². The Morgan fingerprint density at radius 3 is 2.47 bits per heavy atom. The largest absolute Gasteiger partial charge is 0.557 e. The molecule has 3 fully saturated rings. The maximum Gasteiger partial charge on any atom is 0.557 e. The number of nitriles is 1. The lowest BCUT2D eigenvalue weighted by Gasteiger charge is -2.43. The van der Waals surface area contributed by atoms with Crippen molar-refractivity contribution in [2.45, 2.75) is 68.9 Å². The number of pyridine rings is 1. The average Bonchev–Trinajstić information content (AvgIpc) is 3.69. The molecule has 32 heavy (non-hydrogen) atoms. The summed E-state index contributed by atoms with van der Waals surface area (Å²) in [6, 6.07) is 3.58. The standard InChI is InChI=1S/C22H26F2N4O4/c23-22(24,16-2-1-11-26-14-16)4-3-17(18(29)27-21(15-25)7-8-21)28(32-19(30)31)12-9-20(5-6-20)10-13-28/h1-2,11,14,17H,3-10,12-13H2,(H-,27,29,30,31)/p+1/t17-/m0/s1. The van der Waals surface area contributed by atoms with E-state index in [1.807, 2.05) is 0 Å². The van der Waals surface area contributed by atoms with Gasteiger partial charge >= 0.3 is 6.16 Å². The van der Waals surface area contributed by atoms with Gasteiger partial charge in [0.1, 0.15) is 18.6 Å². The first-order valence-corrected chi connectivity index (χ1v) is 10.9. The Kier molecular flexibility index (Phi) is 5.57. The number of hydrogen-bond donors (Lipinski definition) is 2. The van der Waals surface area contributed by atoms with Crippen molar-refractivity contribution < 1.29 is 33.0 Å². The number of hydroxylamine groups is 3. The first-order chi connectivity index (χ1) is 15.1. The molecule has 0 aromatic carbocycles. The van der Waals surface area contributed by atoms with Crippen molar-refractivity contribution >= 4 is 12.1 Å². The van der Waals surface area contributed by atoms with Crippen molar-refractivity contribution in [1.29, 1.82) is 5.26 Å². The third-order valence-electron chi connectivity index (χ3n) is 7.27. The quantitative estimate of drug-likeness (QED) is 0.588. The molecule has 1 amide bonds. The first kappa shape index (κ1) is 22.4. The van der Waals surface area contributed by atoms with Gasteiger partial charge in [-0.25, -0.2) is 13.6 Å². The molecule has 0 unspecified atom stereocenters. The highest BCUT2D eigenvalue weighted by Crippen LogP contribution is 2.55. The van der Waals surface area contributed by atoms with Crippen molar-refractivity contribution in [3.8, 4) is 6.07 Å². The molecule has 1 atom stereocenters. The number of hydrogen-bond acceptors (Lipinski definition) is 5. The second kappa shape index (κ2) is 7.96. The van der Waals surface area contributed by atoms with Crippen molar-refractivity contribution in [2.24, 2.45) is 5.41 Å². The van der Waals surface area contributed by atoms with Crippen LogP contribution in [-0.2, 0) is 15.6 Å². The van der Waals surface area contributed by atoms with E-state index in [0.717, 1.165) is 19.0 Å². The first-order valence-electron chi connectivity index (χ1n) is 10.9. The van der Waals surface area contributed by atoms with Crippen molar-refractivity contribution in [3.05, 3.63) is 30.1 Å². The predicted molar refractivity (Wildman–Crippen MR) is 107 cm³/mol. The zero-order valence-electron chi connectivity index (χ0n) is 17.7. The molecule has 4 rings (SSSR count). The van der Waals surface area contributed by atoms with E-state index in [9.17, 15) is 28.7 Å². The van der Waals surface area contributed by atoms with E-state index in [1.54, 1.807) is 0 Å². The van der Waals surface area contributed by atoms with E-state index in [2.05, 4.69) is 16.4 Å². The van der Waals surface area contributed by atoms with E-state index in [0.29, 0.717) is 25.7 Å². The molecule has 3 aliphatic rings. The molecule has 1 aromatic heterocycles. The molecule has 1 aromatic rings. The monoisotopic (exact) mass is 449 g/mol. The fraction of sp³-hybridized carbons (Fsp3) is 0.636. The second-order valence-corrected chi connectivity index (χ2v) is 9.44. The molecule has 2 N–H and O–H groups in total. The molecule has 2 aliphatic carbocycles. The highest BCUT2D eigenvalue weighted by atomic mass is 19.3. The summed E-state index contributed by atoms with van der Waals surface area (Å²) in [4.78, 5) is 33.9. The van der Waals surface area contributed by atoms with Gasteiger partial charge in [-0.2, -0.15) is 10.1 Å². The minimum Gasteiger partial charge on any atom is -0.446 e. The number of carbonyl (C=O) groups is 2. The molecule has 1 spiro atoms. The number of nitrogens with one attached hydrogen (secondary N) is 1. The maximum atomic E-state index is 14.9. The van der Waals surface area contributed by atoms with Crippen molar-refractivity contribution in [1.82, 2.24) is 10.3 Å². The number of rotatable bonds is 8. The molecule has 0 radical (unpaired) electrons. The molecule has 1 aliphatic heterocycles. The molecular weight excluding hydrogens is 422 g/mol. The highest BCUT2D eigenvalue weighted by molar-refractivity contribution is 5.82. The number of aromatic nitrogens is 1. The third-order valence-corrected chi connectivity index (χ3v) is 7.27. The lowest BCUT2D eigenvalue weighted by atomic mass is 9.90. The fourth-order valence-corrected chi connectivity index (χ4v) is 4.72. The van der Waals surface area contributed by atoms with Crippen LogP contribution in [0.2, 0.25) is 0 Å². The lowest BCUT2D eigenvalue weighted by Crippen LogP contribution is -2.65. The summed E-state index contributed by atoms with van der Waals surface area (Å²) in [6.07, 6.45) is 4.37. The summed E-state index contributed by atoms with van der Waals surface area (Å²) in [5.41, 5.74) is -1.10. The normalized spacial score (nSPS) is 22.9. The van der Waals surface area contributed by atoms with E-state index >= 15 is 0 Å². The van der Waals surface area contributed by atoms with Crippen LogP contribution < -0.4 is 5.32 Å². The van der Waals surface area contributed by atoms with E-state index in [-0.39, 0.29) is 30.5 Å².